The van der Waals surface area contributed by atoms with Crippen LogP contribution in [0.5, 0.6) is 0 Å². The lowest BCUT2D eigenvalue weighted by molar-refractivity contribution is 0.273. The smallest absolute Gasteiger partial charge is 0.0100 e. The van der Waals surface area contributed by atoms with Crippen molar-refractivity contribution in [2.75, 3.05) is 0 Å². The molecule has 1 rings (SSSR count). The predicted octanol–water partition coefficient (Wildman–Crippen LogP) is 2.29. The molecule has 1 saturated carbocycles. The van der Waals surface area contributed by atoms with Crippen LogP contribution in [0, 0.1) is 11.8 Å². The third-order valence-corrected chi connectivity index (χ3v) is 2.37. The van der Waals surface area contributed by atoms with Gasteiger partial charge in [-0.25, -0.2) is 0 Å². The Balaban J connectivity index is 2.10. The molecule has 0 aromatic rings. The molecule has 0 heterocycles. The van der Waals surface area contributed by atoms with E-state index >= 15 is 0 Å². The summed E-state index contributed by atoms with van der Waals surface area (Å²) >= 11 is 0. The van der Waals surface area contributed by atoms with Gasteiger partial charge in [-0.15, -0.1) is 0 Å². The van der Waals surface area contributed by atoms with Gasteiger partial charge in [0.2, 0.25) is 0 Å². The molecular weight excluding hydrogens is 122 g/mol. The van der Waals surface area contributed by atoms with E-state index in [1.54, 1.807) is 6.20 Å². The van der Waals surface area contributed by atoms with E-state index in [0.29, 0.717) is 5.92 Å². The molecule has 0 aromatic carbocycles. The van der Waals surface area contributed by atoms with Crippen LogP contribution in [-0.4, -0.2) is 0 Å². The van der Waals surface area contributed by atoms with Gasteiger partial charge in [-0.1, -0.05) is 32.3 Å². The quantitative estimate of drug-likeness (QED) is 0.637. The molecule has 0 aliphatic heterocycles. The van der Waals surface area contributed by atoms with Crippen LogP contribution in [-0.2, 0) is 0 Å². The molecule has 2 N–H and O–H groups in total. The Labute approximate surface area is 63.3 Å². The second-order valence-corrected chi connectivity index (χ2v) is 3.39. The van der Waals surface area contributed by atoms with Crippen molar-refractivity contribution in [1.29, 1.82) is 0 Å². The van der Waals surface area contributed by atoms with Gasteiger partial charge in [-0.3, -0.25) is 0 Å². The lowest BCUT2D eigenvalue weighted by Gasteiger charge is -2.26. The Morgan fingerprint density at radius 2 is 2.30 bits per heavy atom. The first-order chi connectivity index (χ1) is 4.83. The lowest BCUT2D eigenvalue weighted by atomic mass is 9.79. The van der Waals surface area contributed by atoms with Crippen LogP contribution in [0.4, 0.5) is 0 Å². The zero-order valence-electron chi connectivity index (χ0n) is 6.72. The molecule has 1 fully saturated rings. The molecule has 0 spiro atoms. The predicted molar refractivity (Wildman–Crippen MR) is 44.4 cm³/mol. The van der Waals surface area contributed by atoms with Crippen LogP contribution in [0.25, 0.3) is 0 Å². The van der Waals surface area contributed by atoms with Gasteiger partial charge in [0.25, 0.3) is 0 Å². The molecule has 1 atom stereocenters. The lowest BCUT2D eigenvalue weighted by Crippen LogP contribution is -2.13. The van der Waals surface area contributed by atoms with E-state index in [0.717, 1.165) is 5.92 Å². The van der Waals surface area contributed by atoms with E-state index in [4.69, 9.17) is 5.73 Å². The van der Waals surface area contributed by atoms with Gasteiger partial charge in [0.1, 0.15) is 0 Å². The number of rotatable bonds is 3. The summed E-state index contributed by atoms with van der Waals surface area (Å²) < 4.78 is 0. The summed E-state index contributed by atoms with van der Waals surface area (Å²) in [6, 6.07) is 0. The number of nitrogens with two attached hydrogens (primary N) is 1. The van der Waals surface area contributed by atoms with Crippen LogP contribution in [0.1, 0.15) is 32.6 Å². The van der Waals surface area contributed by atoms with E-state index in [1.807, 2.05) is 0 Å². The van der Waals surface area contributed by atoms with Crippen LogP contribution < -0.4 is 5.73 Å². The minimum Gasteiger partial charge on any atom is -0.405 e. The molecule has 1 nitrogen and oxygen atoms in total. The number of allylic oxidation sites excluding steroid dienone is 1. The average molecular weight is 139 g/mol. The number of hydrogen-bond donors (Lipinski definition) is 1. The van der Waals surface area contributed by atoms with Gasteiger partial charge in [0, 0.05) is 0 Å². The largest absolute Gasteiger partial charge is 0.405 e. The van der Waals surface area contributed by atoms with Crippen molar-refractivity contribution in [2.24, 2.45) is 17.6 Å². The Bertz CT molecular complexity index is 114. The van der Waals surface area contributed by atoms with Crippen molar-refractivity contribution in [3.05, 3.63) is 12.3 Å². The van der Waals surface area contributed by atoms with Crippen LogP contribution >= 0.6 is 0 Å². The van der Waals surface area contributed by atoms with E-state index < -0.39 is 0 Å². The van der Waals surface area contributed by atoms with Gasteiger partial charge < -0.3 is 5.73 Å². The highest BCUT2D eigenvalue weighted by Crippen LogP contribution is 2.32. The van der Waals surface area contributed by atoms with E-state index in [9.17, 15) is 0 Å². The zero-order chi connectivity index (χ0) is 7.40. The maximum absolute atomic E-state index is 5.28. The zero-order valence-corrected chi connectivity index (χ0v) is 6.72. The molecule has 1 heteroatoms. The SMILES string of the molecule is CC(/C=C\N)CC1CCC1. The van der Waals surface area contributed by atoms with Gasteiger partial charge >= 0.3 is 0 Å². The monoisotopic (exact) mass is 139 g/mol. The maximum Gasteiger partial charge on any atom is -0.0100 e. The third-order valence-electron chi connectivity index (χ3n) is 2.37. The standard InChI is InChI=1S/C9H17N/c1-8(5-6-10)7-9-3-2-4-9/h5-6,8-9H,2-4,7,10H2,1H3/b6-5-. The summed E-state index contributed by atoms with van der Waals surface area (Å²) in [7, 11) is 0. The van der Waals surface area contributed by atoms with Crippen LogP contribution in [0.2, 0.25) is 0 Å². The van der Waals surface area contributed by atoms with Gasteiger partial charge in [0.15, 0.2) is 0 Å². The van der Waals surface area contributed by atoms with Crippen molar-refractivity contribution in [1.82, 2.24) is 0 Å². The molecule has 10 heavy (non-hydrogen) atoms. The highest BCUT2D eigenvalue weighted by atomic mass is 14.5. The summed E-state index contributed by atoms with van der Waals surface area (Å²) in [5.74, 6) is 1.70. The van der Waals surface area contributed by atoms with Crippen LogP contribution in [0.3, 0.4) is 0 Å². The molecule has 1 unspecified atom stereocenters. The first-order valence-corrected chi connectivity index (χ1v) is 4.21. The Kier molecular flexibility index (Phi) is 2.79. The molecule has 1 aliphatic carbocycles. The van der Waals surface area contributed by atoms with E-state index in [1.165, 1.54) is 25.7 Å². The summed E-state index contributed by atoms with van der Waals surface area (Å²) in [5, 5.41) is 0. The second-order valence-electron chi connectivity index (χ2n) is 3.39. The van der Waals surface area contributed by atoms with Crippen molar-refractivity contribution in [2.45, 2.75) is 32.6 Å². The molecule has 0 aromatic heterocycles. The van der Waals surface area contributed by atoms with Crippen molar-refractivity contribution < 1.29 is 0 Å². The average Bonchev–Trinajstić information content (AvgIpc) is 1.80. The molecule has 0 bridgehead atoms. The topological polar surface area (TPSA) is 26.0 Å². The van der Waals surface area contributed by atoms with Gasteiger partial charge in [-0.2, -0.15) is 0 Å². The van der Waals surface area contributed by atoms with Gasteiger partial charge in [-0.05, 0) is 24.5 Å². The Morgan fingerprint density at radius 3 is 2.70 bits per heavy atom. The maximum atomic E-state index is 5.28. The van der Waals surface area contributed by atoms with Gasteiger partial charge in [0.05, 0.1) is 0 Å². The highest BCUT2D eigenvalue weighted by Gasteiger charge is 2.18. The van der Waals surface area contributed by atoms with Crippen molar-refractivity contribution in [3.8, 4) is 0 Å². The van der Waals surface area contributed by atoms with Crippen LogP contribution in [0.15, 0.2) is 12.3 Å². The fourth-order valence-corrected chi connectivity index (χ4v) is 1.52. The summed E-state index contributed by atoms with van der Waals surface area (Å²) in [6.45, 7) is 2.24. The molecule has 0 radical (unpaired) electrons. The highest BCUT2D eigenvalue weighted by molar-refractivity contribution is 4.85. The molecule has 0 saturated heterocycles. The fourth-order valence-electron chi connectivity index (χ4n) is 1.52. The second kappa shape index (κ2) is 3.65. The summed E-state index contributed by atoms with van der Waals surface area (Å²) in [6.07, 6.45) is 9.45. The fraction of sp³-hybridized carbons (Fsp3) is 0.778. The third kappa shape index (κ3) is 2.05. The Morgan fingerprint density at radius 1 is 1.60 bits per heavy atom. The molecule has 1 aliphatic rings. The van der Waals surface area contributed by atoms with Crippen molar-refractivity contribution in [3.63, 3.8) is 0 Å². The van der Waals surface area contributed by atoms with Crippen molar-refractivity contribution >= 4 is 0 Å². The minimum atomic E-state index is 0.690. The van der Waals surface area contributed by atoms with E-state index in [2.05, 4.69) is 13.0 Å². The molecular formula is C9H17N. The minimum absolute atomic E-state index is 0.690. The molecule has 58 valence electrons. The normalized spacial score (nSPS) is 22.9. The first-order valence-electron chi connectivity index (χ1n) is 4.21. The van der Waals surface area contributed by atoms with E-state index in [-0.39, 0.29) is 0 Å². The molecule has 0 amide bonds. The first kappa shape index (κ1) is 7.64. The number of hydrogen-bond acceptors (Lipinski definition) is 1. The summed E-state index contributed by atoms with van der Waals surface area (Å²) in [4.78, 5) is 0. The Hall–Kier alpha value is -0.460. The summed E-state index contributed by atoms with van der Waals surface area (Å²) in [5.41, 5.74) is 5.28.